The summed E-state index contributed by atoms with van der Waals surface area (Å²) >= 11 is 1.60. The molecule has 0 aliphatic carbocycles. The average molecular weight is 368 g/mol. The number of benzene rings is 2. The van der Waals surface area contributed by atoms with Crippen LogP contribution in [0.15, 0.2) is 48.5 Å². The Bertz CT molecular complexity index is 942. The van der Waals surface area contributed by atoms with Crippen molar-refractivity contribution in [3.05, 3.63) is 76.7 Å². The molecule has 3 nitrogen and oxygen atoms in total. The molecule has 3 aromatic rings. The Morgan fingerprint density at radius 3 is 2.77 bits per heavy atom. The van der Waals surface area contributed by atoms with Crippen molar-refractivity contribution in [3.63, 3.8) is 0 Å². The highest BCUT2D eigenvalue weighted by molar-refractivity contribution is 7.98. The molecule has 0 fully saturated rings. The molecule has 3 rings (SSSR count). The number of nitrogens with zero attached hydrogens (tertiary/aromatic N) is 1. The zero-order valence-corrected chi connectivity index (χ0v) is 15.7. The summed E-state index contributed by atoms with van der Waals surface area (Å²) in [5, 5.41) is 3.83. The van der Waals surface area contributed by atoms with Gasteiger partial charge in [-0.15, -0.1) is 0 Å². The molecule has 0 saturated carbocycles. The smallest absolute Gasteiger partial charge is 0.252 e. The van der Waals surface area contributed by atoms with E-state index in [2.05, 4.69) is 10.3 Å². The highest BCUT2D eigenvalue weighted by atomic mass is 32.2. The highest BCUT2D eigenvalue weighted by Gasteiger charge is 2.12. The van der Waals surface area contributed by atoms with Gasteiger partial charge in [0.05, 0.1) is 11.1 Å². The van der Waals surface area contributed by atoms with E-state index in [9.17, 15) is 9.18 Å². The number of hydrogen-bond acceptors (Lipinski definition) is 3. The topological polar surface area (TPSA) is 42.0 Å². The van der Waals surface area contributed by atoms with Gasteiger partial charge in [-0.3, -0.25) is 9.78 Å². The summed E-state index contributed by atoms with van der Waals surface area (Å²) in [6.45, 7) is 4.42. The van der Waals surface area contributed by atoms with Crippen LogP contribution in [-0.2, 0) is 5.75 Å². The zero-order chi connectivity index (χ0) is 18.5. The van der Waals surface area contributed by atoms with E-state index >= 15 is 0 Å². The molecule has 0 unspecified atom stereocenters. The van der Waals surface area contributed by atoms with Crippen LogP contribution in [0.2, 0.25) is 0 Å². The lowest BCUT2D eigenvalue weighted by molar-refractivity contribution is 0.0957. The molecule has 1 heterocycles. The molecule has 0 atom stereocenters. The van der Waals surface area contributed by atoms with E-state index in [1.54, 1.807) is 23.9 Å². The van der Waals surface area contributed by atoms with Gasteiger partial charge >= 0.3 is 0 Å². The number of amides is 1. The minimum absolute atomic E-state index is 0.0995. The fourth-order valence-electron chi connectivity index (χ4n) is 2.79. The van der Waals surface area contributed by atoms with Crippen molar-refractivity contribution in [1.82, 2.24) is 10.3 Å². The molecule has 0 saturated heterocycles. The fraction of sp³-hybridized carbons (Fsp3) is 0.238. The number of carbonyl (C=O) groups excluding carboxylic acids is 1. The molecule has 0 bridgehead atoms. The van der Waals surface area contributed by atoms with Crippen molar-refractivity contribution in [2.24, 2.45) is 0 Å². The number of aromatic nitrogens is 1. The maximum atomic E-state index is 13.6. The first-order chi connectivity index (χ1) is 12.5. The molecule has 0 radical (unpaired) electrons. The van der Waals surface area contributed by atoms with Gasteiger partial charge in [0.1, 0.15) is 5.82 Å². The molecule has 5 heteroatoms. The second-order valence-electron chi connectivity index (χ2n) is 6.23. The first-order valence-electron chi connectivity index (χ1n) is 8.52. The molecular formula is C21H21FN2OS. The van der Waals surface area contributed by atoms with Crippen LogP contribution in [0.4, 0.5) is 4.39 Å². The van der Waals surface area contributed by atoms with Gasteiger partial charge in [-0.1, -0.05) is 29.8 Å². The number of pyridine rings is 1. The van der Waals surface area contributed by atoms with Crippen LogP contribution in [-0.4, -0.2) is 23.2 Å². The second-order valence-corrected chi connectivity index (χ2v) is 7.34. The molecule has 1 amide bonds. The van der Waals surface area contributed by atoms with Gasteiger partial charge in [0, 0.05) is 29.1 Å². The van der Waals surface area contributed by atoms with E-state index in [1.165, 1.54) is 6.07 Å². The van der Waals surface area contributed by atoms with E-state index < -0.39 is 0 Å². The molecule has 1 aromatic heterocycles. The van der Waals surface area contributed by atoms with E-state index in [4.69, 9.17) is 0 Å². The lowest BCUT2D eigenvalue weighted by atomic mass is 10.0. The minimum atomic E-state index is -0.182. The van der Waals surface area contributed by atoms with E-state index in [1.807, 2.05) is 44.2 Å². The predicted octanol–water partition coefficient (Wildman–Crippen LogP) is 4.65. The normalized spacial score (nSPS) is 10.9. The molecular weight excluding hydrogens is 347 g/mol. The summed E-state index contributed by atoms with van der Waals surface area (Å²) in [5.74, 6) is 1.04. The Balaban J connectivity index is 1.59. The minimum Gasteiger partial charge on any atom is -0.351 e. The van der Waals surface area contributed by atoms with Gasteiger partial charge in [0.25, 0.3) is 5.91 Å². The van der Waals surface area contributed by atoms with E-state index in [0.717, 1.165) is 27.9 Å². The fourth-order valence-corrected chi connectivity index (χ4v) is 3.63. The van der Waals surface area contributed by atoms with E-state index in [-0.39, 0.29) is 11.7 Å². The number of nitrogens with one attached hydrogen (secondary N) is 1. The number of thioether (sulfide) groups is 1. The van der Waals surface area contributed by atoms with E-state index in [0.29, 0.717) is 23.4 Å². The Labute approximate surface area is 157 Å². The van der Waals surface area contributed by atoms with Crippen molar-refractivity contribution in [2.45, 2.75) is 19.6 Å². The lowest BCUT2D eigenvalue weighted by Crippen LogP contribution is -2.26. The lowest BCUT2D eigenvalue weighted by Gasteiger charge is -2.10. The summed E-state index contributed by atoms with van der Waals surface area (Å²) in [4.78, 5) is 17.1. The molecule has 0 aliphatic heterocycles. The third-order valence-electron chi connectivity index (χ3n) is 4.08. The van der Waals surface area contributed by atoms with Crippen LogP contribution in [0.5, 0.6) is 0 Å². The number of hydrogen-bond donors (Lipinski definition) is 1. The van der Waals surface area contributed by atoms with Crippen LogP contribution in [0.1, 0.15) is 27.2 Å². The summed E-state index contributed by atoms with van der Waals surface area (Å²) < 4.78 is 13.6. The van der Waals surface area contributed by atoms with Gasteiger partial charge in [-0.05, 0) is 43.7 Å². The standard InChI is InChI=1S/C21H21FN2OS/c1-14-7-8-20-17(11-14)18(12-15(2)24-20)21(25)23-9-10-26-13-16-5-3-4-6-19(16)22/h3-8,11-12H,9-10,13H2,1-2H3,(H,23,25). The van der Waals surface area contributed by atoms with Crippen molar-refractivity contribution >= 4 is 28.6 Å². The van der Waals surface area contributed by atoms with Crippen molar-refractivity contribution in [3.8, 4) is 0 Å². The number of fused-ring (bicyclic) bond motifs is 1. The maximum absolute atomic E-state index is 13.6. The first-order valence-corrected chi connectivity index (χ1v) is 9.67. The summed E-state index contributed by atoms with van der Waals surface area (Å²) in [5.41, 5.74) is 4.08. The largest absolute Gasteiger partial charge is 0.351 e. The van der Waals surface area contributed by atoms with Crippen LogP contribution in [0, 0.1) is 19.7 Å². The second kappa shape index (κ2) is 8.32. The van der Waals surface area contributed by atoms with Gasteiger partial charge in [-0.25, -0.2) is 4.39 Å². The molecule has 134 valence electrons. The molecule has 0 aliphatic rings. The van der Waals surface area contributed by atoms with Gasteiger partial charge in [-0.2, -0.15) is 11.8 Å². The maximum Gasteiger partial charge on any atom is 0.252 e. The number of carbonyl (C=O) groups is 1. The van der Waals surface area contributed by atoms with Crippen LogP contribution in [0.25, 0.3) is 10.9 Å². The van der Waals surface area contributed by atoms with Gasteiger partial charge in [0.15, 0.2) is 0 Å². The third kappa shape index (κ3) is 4.41. The number of halogens is 1. The summed E-state index contributed by atoms with van der Waals surface area (Å²) in [6, 6.07) is 14.5. The monoisotopic (exact) mass is 368 g/mol. The highest BCUT2D eigenvalue weighted by Crippen LogP contribution is 2.20. The summed E-state index contributed by atoms with van der Waals surface area (Å²) in [7, 11) is 0. The van der Waals surface area contributed by atoms with Gasteiger partial charge in [0.2, 0.25) is 0 Å². The SMILES string of the molecule is Cc1ccc2nc(C)cc(C(=O)NCCSCc3ccccc3F)c2c1. The third-order valence-corrected chi connectivity index (χ3v) is 5.09. The Kier molecular flexibility index (Phi) is 5.89. The van der Waals surface area contributed by atoms with Crippen LogP contribution in [0.3, 0.4) is 0 Å². The molecule has 0 spiro atoms. The van der Waals surface area contributed by atoms with Crippen molar-refractivity contribution in [1.29, 1.82) is 0 Å². The van der Waals surface area contributed by atoms with Crippen LogP contribution >= 0.6 is 11.8 Å². The first kappa shape index (κ1) is 18.4. The van der Waals surface area contributed by atoms with Crippen molar-refractivity contribution < 1.29 is 9.18 Å². The Morgan fingerprint density at radius 1 is 1.15 bits per heavy atom. The van der Waals surface area contributed by atoms with Crippen LogP contribution < -0.4 is 5.32 Å². The quantitative estimate of drug-likeness (QED) is 0.644. The average Bonchev–Trinajstić information content (AvgIpc) is 2.62. The Morgan fingerprint density at radius 2 is 1.96 bits per heavy atom. The number of aryl methyl sites for hydroxylation is 2. The predicted molar refractivity (Wildman–Crippen MR) is 106 cm³/mol. The van der Waals surface area contributed by atoms with Crippen molar-refractivity contribution in [2.75, 3.05) is 12.3 Å². The number of rotatable bonds is 6. The molecule has 2 aromatic carbocycles. The molecule has 1 N–H and O–H groups in total. The zero-order valence-electron chi connectivity index (χ0n) is 14.9. The Hall–Kier alpha value is -2.40. The summed E-state index contributed by atoms with van der Waals surface area (Å²) in [6.07, 6.45) is 0. The van der Waals surface area contributed by atoms with Gasteiger partial charge < -0.3 is 5.32 Å². The molecule has 26 heavy (non-hydrogen) atoms.